The molecule has 3 nitrogen and oxygen atoms in total. The van der Waals surface area contributed by atoms with Crippen molar-refractivity contribution < 1.29 is 9.13 Å². The van der Waals surface area contributed by atoms with Crippen molar-refractivity contribution in [3.05, 3.63) is 23.6 Å². The summed E-state index contributed by atoms with van der Waals surface area (Å²) in [6.07, 6.45) is 7.37. The number of nitrogens with one attached hydrogen (secondary N) is 1. The molecular formula is C15H23FN2O. The third-order valence-corrected chi connectivity index (χ3v) is 3.56. The number of ether oxygens (including phenoxy) is 1. The molecule has 0 aliphatic heterocycles. The van der Waals surface area contributed by atoms with Gasteiger partial charge in [-0.25, -0.2) is 9.37 Å². The first-order valence-electron chi connectivity index (χ1n) is 7.27. The third kappa shape index (κ3) is 4.46. The maximum Gasteiger partial charge on any atom is 0.218 e. The zero-order valence-electron chi connectivity index (χ0n) is 11.6. The number of halogens is 1. The van der Waals surface area contributed by atoms with Gasteiger partial charge in [-0.3, -0.25) is 0 Å². The van der Waals surface area contributed by atoms with Crippen LogP contribution in [0, 0.1) is 11.7 Å². The van der Waals surface area contributed by atoms with Crippen molar-refractivity contribution in [1.82, 2.24) is 10.3 Å². The molecule has 0 bridgehead atoms. The molecule has 0 spiro atoms. The van der Waals surface area contributed by atoms with Crippen molar-refractivity contribution >= 4 is 0 Å². The fraction of sp³-hybridized carbons (Fsp3) is 0.667. The Bertz CT molecular complexity index is 392. The summed E-state index contributed by atoms with van der Waals surface area (Å²) < 4.78 is 19.0. The Morgan fingerprint density at radius 1 is 1.42 bits per heavy atom. The van der Waals surface area contributed by atoms with E-state index in [0.717, 1.165) is 18.5 Å². The van der Waals surface area contributed by atoms with Crippen LogP contribution in [0.2, 0.25) is 0 Å². The molecule has 1 aromatic heterocycles. The molecule has 1 aliphatic carbocycles. The molecule has 1 fully saturated rings. The highest BCUT2D eigenvalue weighted by Gasteiger charge is 2.16. The average molecular weight is 266 g/mol. The summed E-state index contributed by atoms with van der Waals surface area (Å²) >= 11 is 0. The molecule has 4 heteroatoms. The summed E-state index contributed by atoms with van der Waals surface area (Å²) in [7, 11) is 0. The first-order valence-corrected chi connectivity index (χ1v) is 7.27. The zero-order chi connectivity index (χ0) is 13.5. The Labute approximate surface area is 114 Å². The molecule has 0 aromatic carbocycles. The lowest BCUT2D eigenvalue weighted by Gasteiger charge is -2.14. The number of aromatic nitrogens is 1. The predicted octanol–water partition coefficient (Wildman–Crippen LogP) is 3.29. The first kappa shape index (κ1) is 14.3. The van der Waals surface area contributed by atoms with Crippen molar-refractivity contribution in [3.8, 4) is 5.88 Å². The Hall–Kier alpha value is -1.16. The van der Waals surface area contributed by atoms with E-state index >= 15 is 0 Å². The number of hydrogen-bond donors (Lipinski definition) is 1. The van der Waals surface area contributed by atoms with Crippen LogP contribution in [-0.2, 0) is 6.54 Å². The van der Waals surface area contributed by atoms with Gasteiger partial charge < -0.3 is 10.1 Å². The average Bonchev–Trinajstić information content (AvgIpc) is 2.91. The van der Waals surface area contributed by atoms with Gasteiger partial charge in [0.25, 0.3) is 0 Å². The van der Waals surface area contributed by atoms with Crippen LogP contribution < -0.4 is 10.1 Å². The smallest absolute Gasteiger partial charge is 0.218 e. The Morgan fingerprint density at radius 3 is 2.95 bits per heavy atom. The molecule has 0 unspecified atom stereocenters. The normalized spacial score (nSPS) is 15.9. The van der Waals surface area contributed by atoms with Crippen LogP contribution in [0.3, 0.4) is 0 Å². The molecule has 2 rings (SSSR count). The molecule has 1 N–H and O–H groups in total. The minimum atomic E-state index is -0.304. The van der Waals surface area contributed by atoms with Gasteiger partial charge in [0.15, 0.2) is 0 Å². The molecule has 1 aromatic rings. The van der Waals surface area contributed by atoms with Gasteiger partial charge in [0.05, 0.1) is 12.8 Å². The third-order valence-electron chi connectivity index (χ3n) is 3.56. The molecule has 1 aliphatic rings. The summed E-state index contributed by atoms with van der Waals surface area (Å²) in [5.41, 5.74) is 0.812. The lowest BCUT2D eigenvalue weighted by Crippen LogP contribution is -2.16. The maximum atomic E-state index is 13.3. The van der Waals surface area contributed by atoms with E-state index in [0.29, 0.717) is 24.9 Å². The van der Waals surface area contributed by atoms with E-state index in [-0.39, 0.29) is 5.82 Å². The summed E-state index contributed by atoms with van der Waals surface area (Å²) in [6, 6.07) is 1.51. The van der Waals surface area contributed by atoms with Gasteiger partial charge >= 0.3 is 0 Å². The van der Waals surface area contributed by atoms with E-state index in [1.54, 1.807) is 0 Å². The molecule has 0 radical (unpaired) electrons. The first-order chi connectivity index (χ1) is 9.29. The Balaban J connectivity index is 1.92. The van der Waals surface area contributed by atoms with Crippen LogP contribution in [0.1, 0.15) is 44.6 Å². The number of pyridine rings is 1. The van der Waals surface area contributed by atoms with E-state index in [1.807, 2.05) is 0 Å². The number of hydrogen-bond acceptors (Lipinski definition) is 3. The molecule has 1 heterocycles. The van der Waals surface area contributed by atoms with E-state index in [4.69, 9.17) is 4.74 Å². The number of nitrogens with zero attached hydrogens (tertiary/aromatic N) is 1. The van der Waals surface area contributed by atoms with Crippen LogP contribution in [0.5, 0.6) is 5.88 Å². The van der Waals surface area contributed by atoms with Gasteiger partial charge in [0, 0.05) is 12.1 Å². The lowest BCUT2D eigenvalue weighted by molar-refractivity contribution is 0.240. The molecule has 0 amide bonds. The Morgan fingerprint density at radius 2 is 2.21 bits per heavy atom. The molecular weight excluding hydrogens is 243 g/mol. The van der Waals surface area contributed by atoms with Gasteiger partial charge in [-0.1, -0.05) is 19.8 Å². The van der Waals surface area contributed by atoms with Crippen molar-refractivity contribution in [2.24, 2.45) is 5.92 Å². The molecule has 0 saturated heterocycles. The Kier molecular flexibility index (Phi) is 5.58. The van der Waals surface area contributed by atoms with E-state index in [9.17, 15) is 4.39 Å². The fourth-order valence-corrected chi connectivity index (χ4v) is 2.50. The second-order valence-corrected chi connectivity index (χ2v) is 5.26. The van der Waals surface area contributed by atoms with Crippen molar-refractivity contribution in [1.29, 1.82) is 0 Å². The van der Waals surface area contributed by atoms with Crippen LogP contribution in [0.15, 0.2) is 12.3 Å². The van der Waals surface area contributed by atoms with Crippen LogP contribution >= 0.6 is 0 Å². The van der Waals surface area contributed by atoms with E-state index < -0.39 is 0 Å². The molecule has 0 atom stereocenters. The van der Waals surface area contributed by atoms with Gasteiger partial charge in [-0.05, 0) is 37.8 Å². The van der Waals surface area contributed by atoms with E-state index in [2.05, 4.69) is 17.2 Å². The van der Waals surface area contributed by atoms with Crippen LogP contribution in [0.25, 0.3) is 0 Å². The second kappa shape index (κ2) is 7.43. The van der Waals surface area contributed by atoms with Crippen LogP contribution in [0.4, 0.5) is 4.39 Å². The second-order valence-electron chi connectivity index (χ2n) is 5.26. The quantitative estimate of drug-likeness (QED) is 0.769. The lowest BCUT2D eigenvalue weighted by atomic mass is 10.1. The minimum absolute atomic E-state index is 0.304. The van der Waals surface area contributed by atoms with Crippen LogP contribution in [-0.4, -0.2) is 18.1 Å². The van der Waals surface area contributed by atoms with E-state index in [1.165, 1.54) is 37.9 Å². The zero-order valence-corrected chi connectivity index (χ0v) is 11.6. The van der Waals surface area contributed by atoms with Crippen molar-refractivity contribution in [2.45, 2.75) is 45.6 Å². The van der Waals surface area contributed by atoms with Gasteiger partial charge in [0.2, 0.25) is 5.88 Å². The summed E-state index contributed by atoms with van der Waals surface area (Å²) in [5, 5.41) is 3.26. The monoisotopic (exact) mass is 266 g/mol. The summed E-state index contributed by atoms with van der Waals surface area (Å²) in [5.74, 6) is 0.918. The maximum absolute atomic E-state index is 13.3. The predicted molar refractivity (Wildman–Crippen MR) is 73.6 cm³/mol. The molecule has 1 saturated carbocycles. The van der Waals surface area contributed by atoms with Gasteiger partial charge in [-0.15, -0.1) is 0 Å². The largest absolute Gasteiger partial charge is 0.477 e. The molecule has 19 heavy (non-hydrogen) atoms. The number of rotatable bonds is 7. The molecule has 106 valence electrons. The topological polar surface area (TPSA) is 34.2 Å². The highest BCUT2D eigenvalue weighted by molar-refractivity contribution is 5.26. The highest BCUT2D eigenvalue weighted by atomic mass is 19.1. The SMILES string of the molecule is CCCNCc1cc(F)cnc1OCC1CCCC1. The van der Waals surface area contributed by atoms with Crippen molar-refractivity contribution in [2.75, 3.05) is 13.2 Å². The van der Waals surface area contributed by atoms with Gasteiger partial charge in [-0.2, -0.15) is 0 Å². The van der Waals surface area contributed by atoms with Crippen molar-refractivity contribution in [3.63, 3.8) is 0 Å². The standard InChI is InChI=1S/C15H23FN2O/c1-2-7-17-9-13-8-14(16)10-18-15(13)19-11-12-5-3-4-6-12/h8,10,12,17H,2-7,9,11H2,1H3. The summed E-state index contributed by atoms with van der Waals surface area (Å²) in [6.45, 7) is 4.34. The van der Waals surface area contributed by atoms with Gasteiger partial charge in [0.1, 0.15) is 5.82 Å². The minimum Gasteiger partial charge on any atom is -0.477 e. The summed E-state index contributed by atoms with van der Waals surface area (Å²) in [4.78, 5) is 4.08. The fourth-order valence-electron chi connectivity index (χ4n) is 2.50. The highest BCUT2D eigenvalue weighted by Crippen LogP contribution is 2.26.